The molecule has 0 aromatic carbocycles. The molecule has 10 fully saturated rings. The Balaban J connectivity index is 0.639. The fraction of sp³-hybridized carbons (Fsp3) is 0.931. The van der Waals surface area contributed by atoms with Gasteiger partial charge in [-0.3, -0.25) is 0 Å². The zero-order valence-corrected chi connectivity index (χ0v) is 61.6. The molecule has 31 nitrogen and oxygen atoms in total. The number of esters is 1. The number of hydrogen-bond donors (Lipinski definition) is 11. The highest BCUT2D eigenvalue weighted by atomic mass is 16.8. The molecule has 0 bridgehead atoms. The van der Waals surface area contributed by atoms with Crippen molar-refractivity contribution in [3.63, 3.8) is 0 Å². The summed E-state index contributed by atoms with van der Waals surface area (Å²) in [7, 11) is 6.51. The van der Waals surface area contributed by atoms with Gasteiger partial charge in [-0.25, -0.2) is 4.79 Å². The van der Waals surface area contributed by atoms with Crippen molar-refractivity contribution in [3.8, 4) is 0 Å². The van der Waals surface area contributed by atoms with E-state index >= 15 is 0 Å². The Labute approximate surface area is 602 Å². The van der Waals surface area contributed by atoms with E-state index in [0.717, 1.165) is 25.7 Å². The van der Waals surface area contributed by atoms with Crippen LogP contribution in [0.25, 0.3) is 0 Å². The van der Waals surface area contributed by atoms with Crippen molar-refractivity contribution in [2.45, 2.75) is 348 Å². The number of rotatable bonds is 24. The van der Waals surface area contributed by atoms with E-state index in [-0.39, 0.29) is 35.4 Å². The number of fused-ring (bicyclic) bond motifs is 5. The van der Waals surface area contributed by atoms with Crippen LogP contribution >= 0.6 is 0 Å². The van der Waals surface area contributed by atoms with Crippen LogP contribution in [0.4, 0.5) is 0 Å². The lowest BCUT2D eigenvalue weighted by atomic mass is 9.45. The van der Waals surface area contributed by atoms with Crippen LogP contribution in [0.5, 0.6) is 0 Å². The smallest absolute Gasteiger partial charge is 0.333 e. The average molecular weight is 1480 g/mol. The lowest BCUT2D eigenvalue weighted by molar-refractivity contribution is -0.347. The van der Waals surface area contributed by atoms with Crippen LogP contribution in [0.15, 0.2) is 23.3 Å². The number of allylic oxidation sites excluding steroid dienone is 2. The summed E-state index contributed by atoms with van der Waals surface area (Å²) in [5, 5.41) is 120. The van der Waals surface area contributed by atoms with Crippen LogP contribution in [0.3, 0.4) is 0 Å². The summed E-state index contributed by atoms with van der Waals surface area (Å²) < 4.78 is 118. The van der Waals surface area contributed by atoms with Crippen LogP contribution in [-0.2, 0) is 94.8 Å². The molecule has 103 heavy (non-hydrogen) atoms. The fourth-order valence-corrected chi connectivity index (χ4v) is 18.9. The van der Waals surface area contributed by atoms with Crippen molar-refractivity contribution in [3.05, 3.63) is 23.3 Å². The Morgan fingerprint density at radius 2 is 0.971 bits per heavy atom. The summed E-state index contributed by atoms with van der Waals surface area (Å²) in [4.78, 5) is 12.7. The van der Waals surface area contributed by atoms with Crippen molar-refractivity contribution in [2.24, 2.45) is 28.6 Å². The second-order valence-corrected chi connectivity index (χ2v) is 31.1. The van der Waals surface area contributed by atoms with Gasteiger partial charge in [0.25, 0.3) is 0 Å². The van der Waals surface area contributed by atoms with Gasteiger partial charge in [-0.15, -0.1) is 0 Å². The van der Waals surface area contributed by atoms with E-state index in [2.05, 4.69) is 19.9 Å². The van der Waals surface area contributed by atoms with E-state index in [1.165, 1.54) is 5.57 Å². The number of aliphatic hydroxyl groups is 11. The van der Waals surface area contributed by atoms with E-state index in [1.807, 2.05) is 34.6 Å². The van der Waals surface area contributed by atoms with Crippen molar-refractivity contribution in [2.75, 3.05) is 48.3 Å². The van der Waals surface area contributed by atoms with Gasteiger partial charge in [-0.1, -0.05) is 31.6 Å². The van der Waals surface area contributed by atoms with Crippen LogP contribution in [0.1, 0.15) is 139 Å². The van der Waals surface area contributed by atoms with Gasteiger partial charge in [0.2, 0.25) is 0 Å². The van der Waals surface area contributed by atoms with Gasteiger partial charge in [0.05, 0.1) is 80.4 Å². The standard InChI is InChI=1S/C72H118O31/c1-14-31(2)66(83)103-65-36(7)94-52(27-45(65)88-13)102-64-35(6)93-51(26-44(64)87-12)101-63-34(5)92-50(25-43(63)86-11)100-62-33(4)91-49(24-42(62)85-10)96-38-17-20-70(8)37(23-38)15-16-41-40(70)18-21-71(9)39(19-22-72(41,71)84)32(3)95-69-61(82)58(79)55(76)48(99-69)30-90-68-60(81)57(78)54(75)47(98-68)29-89-67-59(80)56(77)53(74)46(28-73)97-67/h14-15,32-36,38-65,67-69,73-82,84H,16-30H2,1-13H3/b31-14+/t32-,33+,34+,35+,36+,38-,39+,40-,41+,42-,43-,44-,45+,46+,47+,48+,49-,50-,51-,52-,53+,54+,55+,56-,57-,58-,59+,60+,61+,62+,63+,64+,65+,67+,68+,69+,70-,71+,72-/m0/s1. The highest BCUT2D eigenvalue weighted by Gasteiger charge is 2.68. The predicted octanol–water partition coefficient (Wildman–Crippen LogP) is 0.552. The lowest BCUT2D eigenvalue weighted by Gasteiger charge is -2.61. The van der Waals surface area contributed by atoms with Crippen LogP contribution < -0.4 is 0 Å². The van der Waals surface area contributed by atoms with E-state index < -0.39 is 227 Å². The molecule has 39 atom stereocenters. The molecule has 7 heterocycles. The molecular weight excluding hydrogens is 1360 g/mol. The lowest BCUT2D eigenvalue weighted by Crippen LogP contribution is -2.63. The van der Waals surface area contributed by atoms with Crippen molar-refractivity contribution >= 4 is 5.97 Å². The Morgan fingerprint density at radius 1 is 0.544 bits per heavy atom. The molecule has 592 valence electrons. The van der Waals surface area contributed by atoms with Crippen LogP contribution in [0, 0.1) is 28.6 Å². The Morgan fingerprint density at radius 3 is 1.44 bits per heavy atom. The first-order valence-corrected chi connectivity index (χ1v) is 37.1. The summed E-state index contributed by atoms with van der Waals surface area (Å²) in [5.41, 5.74) is -0.0427. The Kier molecular flexibility index (Phi) is 27.1. The molecule has 11 N–H and O–H groups in total. The van der Waals surface area contributed by atoms with Gasteiger partial charge >= 0.3 is 5.97 Å². The first-order valence-electron chi connectivity index (χ1n) is 37.1. The van der Waals surface area contributed by atoms with E-state index in [4.69, 9.17) is 90.0 Å². The first-order chi connectivity index (χ1) is 48.9. The van der Waals surface area contributed by atoms with Crippen molar-refractivity contribution in [1.29, 1.82) is 0 Å². The third kappa shape index (κ3) is 16.6. The monoisotopic (exact) mass is 1480 g/mol. The third-order valence-electron chi connectivity index (χ3n) is 25.2. The maximum absolute atomic E-state index is 13.2. The fourth-order valence-electron chi connectivity index (χ4n) is 18.9. The molecule has 7 saturated heterocycles. The molecule has 0 unspecified atom stereocenters. The van der Waals surface area contributed by atoms with Crippen LogP contribution in [-0.4, -0.2) is 319 Å². The topological polar surface area (TPSA) is 415 Å². The zero-order valence-electron chi connectivity index (χ0n) is 61.6. The molecule has 11 rings (SSSR count). The molecule has 0 aromatic heterocycles. The predicted molar refractivity (Wildman–Crippen MR) is 354 cm³/mol. The first kappa shape index (κ1) is 81.8. The molecule has 0 aromatic rings. The summed E-state index contributed by atoms with van der Waals surface area (Å²) in [6.07, 6.45) is -22.5. The summed E-state index contributed by atoms with van der Waals surface area (Å²) in [6, 6.07) is 0. The highest BCUT2D eigenvalue weighted by Crippen LogP contribution is 2.69. The number of methoxy groups -OCH3 is 4. The summed E-state index contributed by atoms with van der Waals surface area (Å²) in [6.45, 7) is 15.5. The SMILES string of the molecule is C/C=C(\C)C(=O)O[C@@H]1[C@@H](C)O[C@@H](O[C@H]2[C@@H](OC)C[C@H](O[C@H]3[C@@H](OC)C[C@H](O[C@H]4[C@@H](OC)C[C@H](O[C@H]5CC[C@@]6(C)C(=CC[C@@H]7[C@@H]6CC[C@]6(C)[C@@H]([C@H](C)O[C@@H]8O[C@H](CO[C@@H]9O[C@H](CO[C@@H]%10O[C@H](CO)[C@@H](O)[C@H](O)[C@H]%10O)[C@@H](O)[C@H](O)[C@H]9O)[C@@H](O)[C@H](O)[C@H]8O)CC[C@]76O)C5)O[C@@H]4C)O[C@@H]3C)O[C@@H]2C)C[C@H]1OC. The number of carbonyl (C=O) groups is 1. The van der Waals surface area contributed by atoms with Gasteiger partial charge in [0.1, 0.15) is 97.7 Å². The maximum Gasteiger partial charge on any atom is 0.333 e. The molecular formula is C72H118O31. The molecule has 4 aliphatic carbocycles. The number of aliphatic hydroxyl groups excluding tert-OH is 10. The highest BCUT2D eigenvalue weighted by molar-refractivity contribution is 5.87. The minimum Gasteiger partial charge on any atom is -0.453 e. The largest absolute Gasteiger partial charge is 0.453 e. The Hall–Kier alpha value is -2.21. The zero-order chi connectivity index (χ0) is 74.5. The van der Waals surface area contributed by atoms with E-state index in [1.54, 1.807) is 48.4 Å². The van der Waals surface area contributed by atoms with Gasteiger partial charge in [0, 0.05) is 65.1 Å². The molecule has 0 spiro atoms. The van der Waals surface area contributed by atoms with Gasteiger partial charge in [-0.2, -0.15) is 0 Å². The van der Waals surface area contributed by atoms with Crippen molar-refractivity contribution in [1.82, 2.24) is 0 Å². The minimum atomic E-state index is -1.85. The van der Waals surface area contributed by atoms with Crippen LogP contribution in [0.2, 0.25) is 0 Å². The minimum absolute atomic E-state index is 0.0495. The summed E-state index contributed by atoms with van der Waals surface area (Å²) >= 11 is 0. The van der Waals surface area contributed by atoms with E-state index in [9.17, 15) is 61.0 Å². The second kappa shape index (κ2) is 34.2. The number of ether oxygens (including phenoxy) is 19. The van der Waals surface area contributed by atoms with Gasteiger partial charge < -0.3 is 146 Å². The molecule has 31 heteroatoms. The third-order valence-corrected chi connectivity index (χ3v) is 25.2. The van der Waals surface area contributed by atoms with Crippen molar-refractivity contribution < 1.29 is 151 Å². The normalized spacial score (nSPS) is 50.9. The average Bonchev–Trinajstić information content (AvgIpc) is 1.56. The number of hydrogen-bond acceptors (Lipinski definition) is 31. The molecule has 3 saturated carbocycles. The molecule has 0 amide bonds. The van der Waals surface area contributed by atoms with E-state index in [0.29, 0.717) is 56.9 Å². The molecule has 11 aliphatic rings. The molecule has 0 radical (unpaired) electrons. The van der Waals surface area contributed by atoms with Gasteiger partial charge in [0.15, 0.2) is 50.1 Å². The quantitative estimate of drug-likeness (QED) is 0.0357. The molecule has 7 aliphatic heterocycles. The maximum atomic E-state index is 13.2. The number of carbonyl (C=O) groups excluding carboxylic acids is 1. The Bertz CT molecular complexity index is 2810. The second-order valence-electron chi connectivity index (χ2n) is 31.1. The summed E-state index contributed by atoms with van der Waals surface area (Å²) in [5.74, 6) is -0.493. The van der Waals surface area contributed by atoms with Gasteiger partial charge in [-0.05, 0) is 123 Å².